The first-order valence-electron chi connectivity index (χ1n) is 6.97. The lowest BCUT2D eigenvalue weighted by Crippen LogP contribution is -2.20. The second kappa shape index (κ2) is 7.21. The minimum absolute atomic E-state index is 0.0456. The SMILES string of the molecule is CNS(=O)(=O)c1ccc(Cl)c(C(=O)Nc2cc(C)ccc2OC)c1. The Bertz CT molecular complexity index is 882. The van der Waals surface area contributed by atoms with Gasteiger partial charge >= 0.3 is 0 Å². The fourth-order valence-electron chi connectivity index (χ4n) is 2.07. The molecule has 0 heterocycles. The second-order valence-corrected chi connectivity index (χ2v) is 7.30. The van der Waals surface area contributed by atoms with E-state index in [2.05, 4.69) is 10.0 Å². The van der Waals surface area contributed by atoms with Crippen molar-refractivity contribution in [2.24, 2.45) is 0 Å². The van der Waals surface area contributed by atoms with Gasteiger partial charge in [0.25, 0.3) is 5.91 Å². The minimum atomic E-state index is -3.68. The molecule has 0 bridgehead atoms. The molecule has 2 aromatic rings. The van der Waals surface area contributed by atoms with E-state index in [9.17, 15) is 13.2 Å². The highest BCUT2D eigenvalue weighted by molar-refractivity contribution is 7.89. The van der Waals surface area contributed by atoms with Crippen LogP contribution in [-0.4, -0.2) is 28.5 Å². The molecule has 0 spiro atoms. The topological polar surface area (TPSA) is 84.5 Å². The number of hydrogen-bond donors (Lipinski definition) is 2. The van der Waals surface area contributed by atoms with E-state index in [1.54, 1.807) is 12.1 Å². The lowest BCUT2D eigenvalue weighted by molar-refractivity contribution is 0.102. The number of sulfonamides is 1. The van der Waals surface area contributed by atoms with Crippen LogP contribution in [0.15, 0.2) is 41.3 Å². The van der Waals surface area contributed by atoms with Crippen LogP contribution in [0.2, 0.25) is 5.02 Å². The van der Waals surface area contributed by atoms with Crippen LogP contribution in [0.4, 0.5) is 5.69 Å². The highest BCUT2D eigenvalue weighted by atomic mass is 35.5. The summed E-state index contributed by atoms with van der Waals surface area (Å²) >= 11 is 6.05. The Hall–Kier alpha value is -2.09. The second-order valence-electron chi connectivity index (χ2n) is 5.01. The van der Waals surface area contributed by atoms with Crippen molar-refractivity contribution in [2.75, 3.05) is 19.5 Å². The molecule has 0 aliphatic rings. The molecule has 0 saturated carbocycles. The maximum absolute atomic E-state index is 12.5. The summed E-state index contributed by atoms with van der Waals surface area (Å²) in [6.07, 6.45) is 0. The molecule has 0 atom stereocenters. The first-order chi connectivity index (χ1) is 11.3. The molecular weight excluding hydrogens is 352 g/mol. The number of amides is 1. The van der Waals surface area contributed by atoms with Crippen molar-refractivity contribution < 1.29 is 17.9 Å². The zero-order valence-electron chi connectivity index (χ0n) is 13.4. The maximum atomic E-state index is 12.5. The number of hydrogen-bond acceptors (Lipinski definition) is 4. The average Bonchev–Trinajstić information content (AvgIpc) is 2.55. The first kappa shape index (κ1) is 18.3. The number of carbonyl (C=O) groups is 1. The number of carbonyl (C=O) groups excluding carboxylic acids is 1. The van der Waals surface area contributed by atoms with Gasteiger partial charge in [0.05, 0.1) is 28.3 Å². The molecule has 2 rings (SSSR count). The van der Waals surface area contributed by atoms with Crippen molar-refractivity contribution in [3.05, 3.63) is 52.5 Å². The predicted molar refractivity (Wildman–Crippen MR) is 93.4 cm³/mol. The van der Waals surface area contributed by atoms with E-state index in [0.29, 0.717) is 11.4 Å². The van der Waals surface area contributed by atoms with Crippen LogP contribution in [0.5, 0.6) is 5.75 Å². The fraction of sp³-hybridized carbons (Fsp3) is 0.188. The van der Waals surface area contributed by atoms with Crippen LogP contribution >= 0.6 is 11.6 Å². The van der Waals surface area contributed by atoms with Crippen molar-refractivity contribution in [3.8, 4) is 5.75 Å². The molecule has 8 heteroatoms. The van der Waals surface area contributed by atoms with Crippen molar-refractivity contribution in [1.29, 1.82) is 0 Å². The molecule has 24 heavy (non-hydrogen) atoms. The number of benzene rings is 2. The third kappa shape index (κ3) is 3.87. The normalized spacial score (nSPS) is 11.2. The average molecular weight is 369 g/mol. The number of nitrogens with one attached hydrogen (secondary N) is 2. The predicted octanol–water partition coefficient (Wildman–Crippen LogP) is 2.82. The molecule has 0 saturated heterocycles. The molecule has 0 unspecified atom stereocenters. The summed E-state index contributed by atoms with van der Waals surface area (Å²) in [4.78, 5) is 12.5. The van der Waals surface area contributed by atoms with E-state index < -0.39 is 15.9 Å². The largest absolute Gasteiger partial charge is 0.495 e. The van der Waals surface area contributed by atoms with Gasteiger partial charge in [0.2, 0.25) is 10.0 Å². The summed E-state index contributed by atoms with van der Waals surface area (Å²) in [5.74, 6) is -0.0406. The first-order valence-corrected chi connectivity index (χ1v) is 8.83. The summed E-state index contributed by atoms with van der Waals surface area (Å²) in [6.45, 7) is 1.88. The Morgan fingerprint density at radius 1 is 1.17 bits per heavy atom. The van der Waals surface area contributed by atoms with Crippen LogP contribution in [0.3, 0.4) is 0 Å². The van der Waals surface area contributed by atoms with Gasteiger partial charge in [-0.2, -0.15) is 0 Å². The standard InChI is InChI=1S/C16H17ClN2O4S/c1-10-4-7-15(23-3)14(8-10)19-16(20)12-9-11(5-6-13(12)17)24(21,22)18-2/h4-9,18H,1-3H3,(H,19,20). The van der Waals surface area contributed by atoms with Crippen molar-refractivity contribution in [1.82, 2.24) is 4.72 Å². The van der Waals surface area contributed by atoms with Gasteiger partial charge in [-0.05, 0) is 49.9 Å². The Labute approximate surface area is 145 Å². The van der Waals surface area contributed by atoms with Gasteiger partial charge in [0.15, 0.2) is 0 Å². The molecule has 128 valence electrons. The Balaban J connectivity index is 2.40. The van der Waals surface area contributed by atoms with E-state index in [1.807, 2.05) is 13.0 Å². The zero-order chi connectivity index (χ0) is 17.9. The molecule has 0 aliphatic carbocycles. The van der Waals surface area contributed by atoms with E-state index in [1.165, 1.54) is 32.4 Å². The van der Waals surface area contributed by atoms with Crippen LogP contribution < -0.4 is 14.8 Å². The van der Waals surface area contributed by atoms with E-state index in [4.69, 9.17) is 16.3 Å². The molecular formula is C16H17ClN2O4S. The third-order valence-electron chi connectivity index (χ3n) is 3.36. The monoisotopic (exact) mass is 368 g/mol. The van der Waals surface area contributed by atoms with Gasteiger partial charge in [-0.1, -0.05) is 17.7 Å². The molecule has 6 nitrogen and oxygen atoms in total. The Morgan fingerprint density at radius 2 is 1.88 bits per heavy atom. The number of anilines is 1. The van der Waals surface area contributed by atoms with Gasteiger partial charge < -0.3 is 10.1 Å². The van der Waals surface area contributed by atoms with Gasteiger partial charge in [-0.15, -0.1) is 0 Å². The molecule has 0 radical (unpaired) electrons. The van der Waals surface area contributed by atoms with Crippen molar-refractivity contribution in [3.63, 3.8) is 0 Å². The summed E-state index contributed by atoms with van der Waals surface area (Å²) in [5.41, 5.74) is 1.46. The highest BCUT2D eigenvalue weighted by Gasteiger charge is 2.18. The van der Waals surface area contributed by atoms with Gasteiger partial charge in [-0.25, -0.2) is 13.1 Å². The molecule has 0 fully saturated rings. The number of aryl methyl sites for hydroxylation is 1. The summed E-state index contributed by atoms with van der Waals surface area (Å²) in [5, 5.41) is 2.84. The van der Waals surface area contributed by atoms with Gasteiger partial charge in [-0.3, -0.25) is 4.79 Å². The molecule has 0 aromatic heterocycles. The molecule has 2 N–H and O–H groups in total. The third-order valence-corrected chi connectivity index (χ3v) is 5.11. The lowest BCUT2D eigenvalue weighted by Gasteiger charge is -2.12. The van der Waals surface area contributed by atoms with Crippen LogP contribution in [0.25, 0.3) is 0 Å². The quantitative estimate of drug-likeness (QED) is 0.849. The number of methoxy groups -OCH3 is 1. The maximum Gasteiger partial charge on any atom is 0.257 e. The summed E-state index contributed by atoms with van der Waals surface area (Å²) in [6, 6.07) is 9.26. The van der Waals surface area contributed by atoms with E-state index >= 15 is 0 Å². The number of ether oxygens (including phenoxy) is 1. The van der Waals surface area contributed by atoms with E-state index in [-0.39, 0.29) is 15.5 Å². The zero-order valence-corrected chi connectivity index (χ0v) is 15.0. The van der Waals surface area contributed by atoms with Crippen LogP contribution in [0, 0.1) is 6.92 Å². The number of halogens is 1. The smallest absolute Gasteiger partial charge is 0.257 e. The molecule has 2 aromatic carbocycles. The number of rotatable bonds is 5. The van der Waals surface area contributed by atoms with Crippen molar-refractivity contribution in [2.45, 2.75) is 11.8 Å². The summed E-state index contributed by atoms with van der Waals surface area (Å²) in [7, 11) is -0.890. The van der Waals surface area contributed by atoms with Crippen LogP contribution in [-0.2, 0) is 10.0 Å². The van der Waals surface area contributed by atoms with E-state index in [0.717, 1.165) is 5.56 Å². The molecule has 1 amide bonds. The van der Waals surface area contributed by atoms with Crippen LogP contribution in [0.1, 0.15) is 15.9 Å². The Morgan fingerprint density at radius 3 is 2.50 bits per heavy atom. The fourth-order valence-corrected chi connectivity index (χ4v) is 3.03. The van der Waals surface area contributed by atoms with Crippen molar-refractivity contribution >= 4 is 33.2 Å². The molecule has 0 aliphatic heterocycles. The van der Waals surface area contributed by atoms with Gasteiger partial charge in [0.1, 0.15) is 5.75 Å². The minimum Gasteiger partial charge on any atom is -0.495 e. The summed E-state index contributed by atoms with van der Waals surface area (Å²) < 4.78 is 31.2. The highest BCUT2D eigenvalue weighted by Crippen LogP contribution is 2.27. The lowest BCUT2D eigenvalue weighted by atomic mass is 10.1. The van der Waals surface area contributed by atoms with Gasteiger partial charge in [0, 0.05) is 0 Å². The Kier molecular flexibility index (Phi) is 5.48.